The van der Waals surface area contributed by atoms with E-state index < -0.39 is 4.92 Å². The maximum Gasteiger partial charge on any atom is 0.282 e. The van der Waals surface area contributed by atoms with Gasteiger partial charge in [0.15, 0.2) is 0 Å². The van der Waals surface area contributed by atoms with Crippen molar-refractivity contribution in [3.05, 3.63) is 39.4 Å². The molecular weight excluding hydrogens is 294 g/mol. The van der Waals surface area contributed by atoms with Crippen LogP contribution in [0.25, 0.3) is 0 Å². The zero-order valence-electron chi connectivity index (χ0n) is 11.9. The molecule has 0 spiro atoms. The molecule has 1 aromatic carbocycles. The van der Waals surface area contributed by atoms with Crippen molar-refractivity contribution in [2.24, 2.45) is 0 Å². The molecule has 0 aliphatic carbocycles. The monoisotopic (exact) mass is 313 g/mol. The van der Waals surface area contributed by atoms with E-state index in [-0.39, 0.29) is 29.6 Å². The number of hydrogen-bond donors (Lipinski definition) is 2. The molecule has 1 heterocycles. The van der Waals surface area contributed by atoms with Gasteiger partial charge in [0.1, 0.15) is 5.56 Å². The summed E-state index contributed by atoms with van der Waals surface area (Å²) < 4.78 is 0. The molecule has 7 heteroatoms. The van der Waals surface area contributed by atoms with Gasteiger partial charge in [-0.3, -0.25) is 14.9 Å². The zero-order valence-corrected chi connectivity index (χ0v) is 12.7. The largest absolute Gasteiger partial charge is 0.352 e. The molecule has 2 rings (SSSR count). The quantitative estimate of drug-likeness (QED) is 0.644. The third-order valence-corrected chi connectivity index (χ3v) is 3.62. The number of nitrogens with one attached hydrogen (secondary N) is 2. The van der Waals surface area contributed by atoms with Crippen LogP contribution in [-0.4, -0.2) is 30.0 Å². The van der Waals surface area contributed by atoms with E-state index in [0.717, 1.165) is 19.4 Å². The number of amides is 1. The van der Waals surface area contributed by atoms with Crippen molar-refractivity contribution >= 4 is 24.0 Å². The van der Waals surface area contributed by atoms with Gasteiger partial charge in [-0.15, -0.1) is 12.4 Å². The van der Waals surface area contributed by atoms with Gasteiger partial charge < -0.3 is 10.6 Å². The first-order valence-electron chi connectivity index (χ1n) is 6.85. The molecule has 1 aromatic rings. The Morgan fingerprint density at radius 2 is 2.29 bits per heavy atom. The Kier molecular flexibility index (Phi) is 6.58. The molecule has 21 heavy (non-hydrogen) atoms. The second-order valence-electron chi connectivity index (χ2n) is 5.06. The normalized spacial score (nSPS) is 17.1. The third-order valence-electron chi connectivity index (χ3n) is 3.62. The molecule has 6 nitrogen and oxygen atoms in total. The first-order valence-corrected chi connectivity index (χ1v) is 6.85. The smallest absolute Gasteiger partial charge is 0.282 e. The van der Waals surface area contributed by atoms with E-state index in [1.807, 2.05) is 0 Å². The average Bonchev–Trinajstić information content (AvgIpc) is 2.91. The summed E-state index contributed by atoms with van der Waals surface area (Å²) in [4.78, 5) is 22.6. The summed E-state index contributed by atoms with van der Waals surface area (Å²) in [6.45, 7) is 3.27. The third kappa shape index (κ3) is 4.41. The number of nitrogens with zero attached hydrogens (tertiary/aromatic N) is 1. The predicted octanol–water partition coefficient (Wildman–Crippen LogP) is 2.20. The maximum atomic E-state index is 12.1. The summed E-state index contributed by atoms with van der Waals surface area (Å²) in [6.07, 6.45) is 3.15. The van der Waals surface area contributed by atoms with Crippen molar-refractivity contribution < 1.29 is 9.72 Å². The Labute approximate surface area is 129 Å². The fourth-order valence-electron chi connectivity index (χ4n) is 2.55. The lowest BCUT2D eigenvalue weighted by molar-refractivity contribution is -0.385. The summed E-state index contributed by atoms with van der Waals surface area (Å²) in [5.41, 5.74) is 0.647. The first kappa shape index (κ1) is 17.4. The Morgan fingerprint density at radius 1 is 1.52 bits per heavy atom. The number of carbonyl (C=O) groups is 1. The van der Waals surface area contributed by atoms with Crippen LogP contribution in [0.1, 0.15) is 35.2 Å². The minimum absolute atomic E-state index is 0. The van der Waals surface area contributed by atoms with Crippen LogP contribution in [-0.2, 0) is 0 Å². The number of nitro groups is 1. The highest BCUT2D eigenvalue weighted by Gasteiger charge is 2.22. The standard InChI is InChI=1S/C14H19N3O3.ClH/c1-10-4-2-6-12(17(19)20)13(10)14(18)16-9-7-11-5-3-8-15-11;/h2,4,6,11,15H,3,5,7-9H2,1H3,(H,16,18);1H/t11-;/m1./s1. The second-order valence-corrected chi connectivity index (χ2v) is 5.06. The highest BCUT2D eigenvalue weighted by Crippen LogP contribution is 2.21. The SMILES string of the molecule is Cc1cccc([N+](=O)[O-])c1C(=O)NCC[C@H]1CCCN1.Cl. The fourth-order valence-corrected chi connectivity index (χ4v) is 2.55. The molecule has 1 amide bonds. The maximum absolute atomic E-state index is 12.1. The van der Waals surface area contributed by atoms with Crippen LogP contribution in [0.2, 0.25) is 0 Å². The number of benzene rings is 1. The number of rotatable bonds is 5. The van der Waals surface area contributed by atoms with Crippen molar-refractivity contribution in [3.63, 3.8) is 0 Å². The molecule has 1 saturated heterocycles. The van der Waals surface area contributed by atoms with Crippen LogP contribution in [0.3, 0.4) is 0 Å². The molecule has 116 valence electrons. The second kappa shape index (κ2) is 7.95. The summed E-state index contributed by atoms with van der Waals surface area (Å²) in [6, 6.07) is 5.11. The zero-order chi connectivity index (χ0) is 14.5. The molecule has 0 saturated carbocycles. The van der Waals surface area contributed by atoms with Gasteiger partial charge in [0, 0.05) is 18.7 Å². The van der Waals surface area contributed by atoms with E-state index >= 15 is 0 Å². The van der Waals surface area contributed by atoms with E-state index in [2.05, 4.69) is 10.6 Å². The lowest BCUT2D eigenvalue weighted by atomic mass is 10.1. The highest BCUT2D eigenvalue weighted by atomic mass is 35.5. The van der Waals surface area contributed by atoms with Gasteiger partial charge in [-0.05, 0) is 38.3 Å². The summed E-state index contributed by atoms with van der Waals surface area (Å²) in [5, 5.41) is 17.1. The average molecular weight is 314 g/mol. The number of aryl methyl sites for hydroxylation is 1. The Morgan fingerprint density at radius 3 is 2.90 bits per heavy atom. The molecule has 0 unspecified atom stereocenters. The van der Waals surface area contributed by atoms with Crippen LogP contribution < -0.4 is 10.6 Å². The molecule has 2 N–H and O–H groups in total. The van der Waals surface area contributed by atoms with E-state index in [4.69, 9.17) is 0 Å². The Bertz CT molecular complexity index is 516. The number of halogens is 1. The first-order chi connectivity index (χ1) is 9.59. The van der Waals surface area contributed by atoms with E-state index in [1.54, 1.807) is 19.1 Å². The number of nitro benzene ring substituents is 1. The predicted molar refractivity (Wildman–Crippen MR) is 83.1 cm³/mol. The van der Waals surface area contributed by atoms with Crippen molar-refractivity contribution in [1.82, 2.24) is 10.6 Å². The molecule has 0 radical (unpaired) electrons. The van der Waals surface area contributed by atoms with Gasteiger partial charge >= 0.3 is 0 Å². The molecule has 1 atom stereocenters. The van der Waals surface area contributed by atoms with Crippen LogP contribution >= 0.6 is 12.4 Å². The van der Waals surface area contributed by atoms with Crippen molar-refractivity contribution in [2.75, 3.05) is 13.1 Å². The van der Waals surface area contributed by atoms with Crippen LogP contribution in [0.5, 0.6) is 0 Å². The van der Waals surface area contributed by atoms with Gasteiger partial charge in [0.05, 0.1) is 4.92 Å². The summed E-state index contributed by atoms with van der Waals surface area (Å²) >= 11 is 0. The van der Waals surface area contributed by atoms with E-state index in [9.17, 15) is 14.9 Å². The lowest BCUT2D eigenvalue weighted by Gasteiger charge is -2.11. The molecule has 1 aliphatic rings. The summed E-state index contributed by atoms with van der Waals surface area (Å²) in [5.74, 6) is -0.368. The number of carbonyl (C=O) groups excluding carboxylic acids is 1. The van der Waals surface area contributed by atoms with Gasteiger partial charge in [-0.1, -0.05) is 12.1 Å². The molecule has 1 aliphatic heterocycles. The van der Waals surface area contributed by atoms with Crippen LogP contribution in [0, 0.1) is 17.0 Å². The van der Waals surface area contributed by atoms with Gasteiger partial charge in [0.2, 0.25) is 0 Å². The summed E-state index contributed by atoms with van der Waals surface area (Å²) in [7, 11) is 0. The van der Waals surface area contributed by atoms with Crippen LogP contribution in [0.4, 0.5) is 5.69 Å². The fraction of sp³-hybridized carbons (Fsp3) is 0.500. The topological polar surface area (TPSA) is 84.3 Å². The van der Waals surface area contributed by atoms with Crippen molar-refractivity contribution in [3.8, 4) is 0 Å². The minimum Gasteiger partial charge on any atom is -0.352 e. The molecule has 0 bridgehead atoms. The van der Waals surface area contributed by atoms with Crippen LogP contribution in [0.15, 0.2) is 18.2 Å². The molecular formula is C14H20ClN3O3. The van der Waals surface area contributed by atoms with Gasteiger partial charge in [-0.25, -0.2) is 0 Å². The Hall–Kier alpha value is -1.66. The van der Waals surface area contributed by atoms with E-state index in [1.165, 1.54) is 12.5 Å². The lowest BCUT2D eigenvalue weighted by Crippen LogP contribution is -2.31. The van der Waals surface area contributed by atoms with E-state index in [0.29, 0.717) is 18.2 Å². The van der Waals surface area contributed by atoms with Gasteiger partial charge in [0.25, 0.3) is 11.6 Å². The van der Waals surface area contributed by atoms with Crippen molar-refractivity contribution in [2.45, 2.75) is 32.2 Å². The van der Waals surface area contributed by atoms with Gasteiger partial charge in [-0.2, -0.15) is 0 Å². The van der Waals surface area contributed by atoms with Crippen molar-refractivity contribution in [1.29, 1.82) is 0 Å². The minimum atomic E-state index is -0.513. The Balaban J connectivity index is 0.00000220. The molecule has 0 aromatic heterocycles. The highest BCUT2D eigenvalue weighted by molar-refractivity contribution is 5.99. The number of hydrogen-bond acceptors (Lipinski definition) is 4. The molecule has 1 fully saturated rings.